The molecule has 2 atom stereocenters. The highest BCUT2D eigenvalue weighted by molar-refractivity contribution is 5.20. The maximum absolute atomic E-state index is 12.2. The normalized spacial score (nSPS) is 34.3. The lowest BCUT2D eigenvalue weighted by molar-refractivity contribution is 0.111. The average Bonchev–Trinajstić information content (AvgIpc) is 1.83. The molecule has 1 aliphatic rings. The van der Waals surface area contributed by atoms with Crippen LogP contribution in [0, 0.1) is 0 Å². The van der Waals surface area contributed by atoms with Crippen molar-refractivity contribution in [2.45, 2.75) is 12.3 Å². The summed E-state index contributed by atoms with van der Waals surface area (Å²) in [6, 6.07) is 0. The van der Waals surface area contributed by atoms with Crippen molar-refractivity contribution >= 4 is 0 Å². The summed E-state index contributed by atoms with van der Waals surface area (Å²) in [7, 11) is 0. The Morgan fingerprint density at radius 1 is 1.56 bits per heavy atom. The van der Waals surface area contributed by atoms with Gasteiger partial charge in [0.2, 0.25) is 0 Å². The average molecular weight is 132 g/mol. The summed E-state index contributed by atoms with van der Waals surface area (Å²) in [5.74, 6) is -0.815. The number of allylic oxidation sites excluding steroid dienone is 2. The van der Waals surface area contributed by atoms with E-state index in [1.54, 1.807) is 0 Å². The van der Waals surface area contributed by atoms with E-state index in [0.29, 0.717) is 0 Å². The molecular formula is C6H6F2O. The van der Waals surface area contributed by atoms with Crippen LogP contribution >= 0.6 is 0 Å². The number of aliphatic hydroxyl groups is 1. The number of hydrogen-bond acceptors (Lipinski definition) is 1. The zero-order chi connectivity index (χ0) is 6.85. The van der Waals surface area contributed by atoms with E-state index in [9.17, 15) is 8.78 Å². The van der Waals surface area contributed by atoms with Gasteiger partial charge in [-0.25, -0.2) is 8.78 Å². The van der Waals surface area contributed by atoms with Gasteiger partial charge in [-0.05, 0) is 12.2 Å². The Labute approximate surface area is 51.3 Å². The van der Waals surface area contributed by atoms with Gasteiger partial charge in [-0.3, -0.25) is 0 Å². The van der Waals surface area contributed by atoms with Crippen molar-refractivity contribution in [2.24, 2.45) is 0 Å². The lowest BCUT2D eigenvalue weighted by Gasteiger charge is -2.12. The summed E-state index contributed by atoms with van der Waals surface area (Å²) in [4.78, 5) is 0. The number of rotatable bonds is 0. The van der Waals surface area contributed by atoms with Crippen LogP contribution in [0.3, 0.4) is 0 Å². The Hall–Kier alpha value is -0.700. The molecule has 0 heterocycles. The van der Waals surface area contributed by atoms with E-state index in [1.807, 2.05) is 0 Å². The molecule has 0 aromatic carbocycles. The second-order valence-corrected chi connectivity index (χ2v) is 1.83. The van der Waals surface area contributed by atoms with Gasteiger partial charge < -0.3 is 5.11 Å². The Kier molecular flexibility index (Phi) is 1.62. The van der Waals surface area contributed by atoms with Crippen molar-refractivity contribution in [1.82, 2.24) is 0 Å². The first-order chi connectivity index (χ1) is 4.22. The first-order valence-corrected chi connectivity index (χ1v) is 2.58. The molecule has 0 saturated carbocycles. The fourth-order valence-corrected chi connectivity index (χ4v) is 0.610. The topological polar surface area (TPSA) is 20.2 Å². The molecule has 1 nitrogen and oxygen atoms in total. The SMILES string of the molecule is OC1C(F)=CC=CC1F. The predicted octanol–water partition coefficient (Wildman–Crippen LogP) is 1.11. The first kappa shape index (κ1) is 6.42. The third-order valence-electron chi connectivity index (χ3n) is 1.13. The summed E-state index contributed by atoms with van der Waals surface area (Å²) in [5, 5.41) is 8.58. The van der Waals surface area contributed by atoms with Gasteiger partial charge in [0.15, 0.2) is 6.17 Å². The van der Waals surface area contributed by atoms with Gasteiger partial charge in [0.1, 0.15) is 11.9 Å². The number of aliphatic hydroxyl groups excluding tert-OH is 1. The standard InChI is InChI=1S/C6H6F2O/c7-4-2-1-3-5(8)6(4)9/h1-4,6,9H. The van der Waals surface area contributed by atoms with Crippen LogP contribution in [0.2, 0.25) is 0 Å². The molecule has 0 radical (unpaired) electrons. The fourth-order valence-electron chi connectivity index (χ4n) is 0.610. The molecule has 0 aromatic rings. The van der Waals surface area contributed by atoms with E-state index in [2.05, 4.69) is 0 Å². The largest absolute Gasteiger partial charge is 0.383 e. The first-order valence-electron chi connectivity index (χ1n) is 2.58. The van der Waals surface area contributed by atoms with Crippen molar-refractivity contribution in [3.63, 3.8) is 0 Å². The van der Waals surface area contributed by atoms with E-state index in [1.165, 1.54) is 6.08 Å². The van der Waals surface area contributed by atoms with Crippen LogP contribution in [-0.4, -0.2) is 17.4 Å². The predicted molar refractivity (Wildman–Crippen MR) is 29.2 cm³/mol. The van der Waals surface area contributed by atoms with Crippen LogP contribution in [0.4, 0.5) is 8.78 Å². The molecule has 9 heavy (non-hydrogen) atoms. The Morgan fingerprint density at radius 2 is 2.22 bits per heavy atom. The van der Waals surface area contributed by atoms with E-state index >= 15 is 0 Å². The summed E-state index contributed by atoms with van der Waals surface area (Å²) < 4.78 is 24.4. The summed E-state index contributed by atoms with van der Waals surface area (Å²) >= 11 is 0. The van der Waals surface area contributed by atoms with Crippen molar-refractivity contribution in [1.29, 1.82) is 0 Å². The molecule has 1 N–H and O–H groups in total. The zero-order valence-electron chi connectivity index (χ0n) is 4.59. The van der Waals surface area contributed by atoms with Crippen LogP contribution in [0.1, 0.15) is 0 Å². The Bertz CT molecular complexity index is 162. The van der Waals surface area contributed by atoms with Crippen LogP contribution < -0.4 is 0 Å². The monoisotopic (exact) mass is 132 g/mol. The molecule has 2 unspecified atom stereocenters. The summed E-state index contributed by atoms with van der Waals surface area (Å²) in [6.45, 7) is 0. The number of hydrogen-bond donors (Lipinski definition) is 1. The lowest BCUT2D eigenvalue weighted by Crippen LogP contribution is -2.22. The Balaban J connectivity index is 2.73. The molecule has 50 valence electrons. The van der Waals surface area contributed by atoms with Gasteiger partial charge in [0.25, 0.3) is 0 Å². The van der Waals surface area contributed by atoms with Gasteiger partial charge in [0.05, 0.1) is 0 Å². The minimum atomic E-state index is -1.59. The summed E-state index contributed by atoms with van der Waals surface area (Å²) in [5.41, 5.74) is 0. The van der Waals surface area contributed by atoms with Gasteiger partial charge in [0, 0.05) is 0 Å². The molecule has 0 fully saturated rings. The van der Waals surface area contributed by atoms with Gasteiger partial charge >= 0.3 is 0 Å². The minimum absolute atomic E-state index is 0.815. The molecule has 0 spiro atoms. The minimum Gasteiger partial charge on any atom is -0.383 e. The van der Waals surface area contributed by atoms with Gasteiger partial charge in [-0.15, -0.1) is 0 Å². The lowest BCUT2D eigenvalue weighted by atomic mass is 10.1. The molecule has 0 bridgehead atoms. The second kappa shape index (κ2) is 2.27. The van der Waals surface area contributed by atoms with Crippen LogP contribution in [0.25, 0.3) is 0 Å². The summed E-state index contributed by atoms with van der Waals surface area (Å²) in [6.07, 6.45) is 0.214. The van der Waals surface area contributed by atoms with E-state index in [4.69, 9.17) is 5.11 Å². The number of halogens is 2. The smallest absolute Gasteiger partial charge is 0.151 e. The maximum Gasteiger partial charge on any atom is 0.151 e. The zero-order valence-corrected chi connectivity index (χ0v) is 4.59. The molecular weight excluding hydrogens is 126 g/mol. The maximum atomic E-state index is 12.2. The third kappa shape index (κ3) is 1.16. The van der Waals surface area contributed by atoms with Crippen molar-refractivity contribution in [2.75, 3.05) is 0 Å². The van der Waals surface area contributed by atoms with E-state index in [-0.39, 0.29) is 0 Å². The quantitative estimate of drug-likeness (QED) is 0.523. The number of alkyl halides is 1. The third-order valence-corrected chi connectivity index (χ3v) is 1.13. The highest BCUT2D eigenvalue weighted by Gasteiger charge is 2.21. The van der Waals surface area contributed by atoms with Crippen LogP contribution in [0.15, 0.2) is 24.1 Å². The molecule has 1 aliphatic carbocycles. The van der Waals surface area contributed by atoms with E-state index in [0.717, 1.165) is 12.2 Å². The molecule has 0 saturated heterocycles. The van der Waals surface area contributed by atoms with E-state index < -0.39 is 18.1 Å². The molecule has 0 aliphatic heterocycles. The van der Waals surface area contributed by atoms with Crippen molar-refractivity contribution in [3.05, 3.63) is 24.1 Å². The van der Waals surface area contributed by atoms with Crippen molar-refractivity contribution in [3.8, 4) is 0 Å². The van der Waals surface area contributed by atoms with Crippen molar-refractivity contribution < 1.29 is 13.9 Å². The highest BCUT2D eigenvalue weighted by atomic mass is 19.1. The molecule has 3 heteroatoms. The molecule has 0 amide bonds. The van der Waals surface area contributed by atoms with Gasteiger partial charge in [-0.1, -0.05) is 6.08 Å². The Morgan fingerprint density at radius 3 is 2.67 bits per heavy atom. The highest BCUT2D eigenvalue weighted by Crippen LogP contribution is 2.16. The fraction of sp³-hybridized carbons (Fsp3) is 0.333. The van der Waals surface area contributed by atoms with Crippen LogP contribution in [0.5, 0.6) is 0 Å². The second-order valence-electron chi connectivity index (χ2n) is 1.83. The molecule has 0 aromatic heterocycles. The molecule has 1 rings (SSSR count). The van der Waals surface area contributed by atoms with Crippen LogP contribution in [-0.2, 0) is 0 Å². The van der Waals surface area contributed by atoms with Gasteiger partial charge in [-0.2, -0.15) is 0 Å².